The summed E-state index contributed by atoms with van der Waals surface area (Å²) in [5.41, 5.74) is 4.63. The number of aromatic nitrogens is 1. The topological polar surface area (TPSA) is 48.0 Å². The molecule has 0 aliphatic carbocycles. The molecule has 0 radical (unpaired) electrons. The molecule has 0 saturated heterocycles. The van der Waals surface area contributed by atoms with E-state index >= 15 is 0 Å². The van der Waals surface area contributed by atoms with Crippen LogP contribution in [-0.2, 0) is 0 Å². The van der Waals surface area contributed by atoms with E-state index in [2.05, 4.69) is 65.0 Å². The van der Waals surface area contributed by atoms with Gasteiger partial charge in [-0.15, -0.1) is 0 Å². The summed E-state index contributed by atoms with van der Waals surface area (Å²) in [6.07, 6.45) is 1.60. The molecule has 0 amide bonds. The number of aliphatic hydroxyl groups is 1. The highest BCUT2D eigenvalue weighted by atomic mass is 16.3. The van der Waals surface area contributed by atoms with Crippen molar-refractivity contribution in [1.29, 1.82) is 0 Å². The van der Waals surface area contributed by atoms with Crippen LogP contribution in [0.1, 0.15) is 28.7 Å². The van der Waals surface area contributed by atoms with E-state index in [0.29, 0.717) is 6.54 Å². The zero-order chi connectivity index (χ0) is 18.5. The molecular weight excluding hydrogens is 332 g/mol. The van der Waals surface area contributed by atoms with E-state index in [1.807, 2.05) is 36.4 Å². The monoisotopic (exact) mass is 356 g/mol. The zero-order valence-electron chi connectivity index (χ0n) is 15.2. The third-order valence-electron chi connectivity index (χ3n) is 5.07. The summed E-state index contributed by atoms with van der Waals surface area (Å²) >= 11 is 0. The lowest BCUT2D eigenvalue weighted by atomic mass is 9.91. The summed E-state index contributed by atoms with van der Waals surface area (Å²) in [4.78, 5) is 3.39. The van der Waals surface area contributed by atoms with Crippen molar-refractivity contribution in [3.63, 3.8) is 0 Å². The first-order chi connectivity index (χ1) is 13.3. The predicted octanol–water partition coefficient (Wildman–Crippen LogP) is 4.62. The van der Waals surface area contributed by atoms with Crippen LogP contribution in [0.25, 0.3) is 10.9 Å². The fourth-order valence-corrected chi connectivity index (χ4v) is 3.63. The molecule has 0 bridgehead atoms. The first-order valence-electron chi connectivity index (χ1n) is 9.37. The van der Waals surface area contributed by atoms with Gasteiger partial charge in [0.15, 0.2) is 0 Å². The molecule has 3 heteroatoms. The summed E-state index contributed by atoms with van der Waals surface area (Å²) < 4.78 is 0. The molecule has 0 spiro atoms. The third kappa shape index (κ3) is 3.95. The van der Waals surface area contributed by atoms with Gasteiger partial charge in [-0.1, -0.05) is 78.9 Å². The van der Waals surface area contributed by atoms with Gasteiger partial charge < -0.3 is 15.4 Å². The van der Waals surface area contributed by atoms with Crippen molar-refractivity contribution in [2.45, 2.75) is 12.0 Å². The lowest BCUT2D eigenvalue weighted by Crippen LogP contribution is -2.27. The van der Waals surface area contributed by atoms with Gasteiger partial charge in [0.05, 0.1) is 6.10 Å². The van der Waals surface area contributed by atoms with Crippen LogP contribution in [0, 0.1) is 0 Å². The average Bonchev–Trinajstić information content (AvgIpc) is 3.16. The Morgan fingerprint density at radius 3 is 2.11 bits per heavy atom. The van der Waals surface area contributed by atoms with Crippen LogP contribution in [-0.4, -0.2) is 23.2 Å². The number of aromatic amines is 1. The van der Waals surface area contributed by atoms with E-state index in [-0.39, 0.29) is 5.92 Å². The van der Waals surface area contributed by atoms with E-state index in [1.165, 1.54) is 16.5 Å². The van der Waals surface area contributed by atoms with Crippen LogP contribution < -0.4 is 5.32 Å². The molecule has 0 unspecified atom stereocenters. The van der Waals surface area contributed by atoms with Crippen LogP contribution in [0.5, 0.6) is 0 Å². The molecule has 0 fully saturated rings. The SMILES string of the molecule is O[C@@H](CNC[C@@H](c1ccccc1)c1c[nH]c2ccccc12)c1ccccc1. The van der Waals surface area contributed by atoms with Gasteiger partial charge in [-0.05, 0) is 22.8 Å². The highest BCUT2D eigenvalue weighted by Crippen LogP contribution is 2.30. The number of aliphatic hydroxyl groups excluding tert-OH is 1. The number of hydrogen-bond acceptors (Lipinski definition) is 2. The first-order valence-corrected chi connectivity index (χ1v) is 9.37. The maximum absolute atomic E-state index is 10.4. The van der Waals surface area contributed by atoms with Gasteiger partial charge in [0.1, 0.15) is 0 Å². The molecule has 1 aromatic heterocycles. The average molecular weight is 356 g/mol. The Kier molecular flexibility index (Phi) is 5.33. The van der Waals surface area contributed by atoms with Crippen molar-refractivity contribution in [2.24, 2.45) is 0 Å². The molecule has 3 N–H and O–H groups in total. The van der Waals surface area contributed by atoms with Crippen molar-refractivity contribution in [3.8, 4) is 0 Å². The normalized spacial score (nSPS) is 13.5. The van der Waals surface area contributed by atoms with E-state index in [0.717, 1.165) is 17.6 Å². The molecule has 3 nitrogen and oxygen atoms in total. The molecule has 0 aliphatic rings. The number of hydrogen-bond donors (Lipinski definition) is 3. The van der Waals surface area contributed by atoms with Crippen molar-refractivity contribution in [1.82, 2.24) is 10.3 Å². The molecule has 0 aliphatic heterocycles. The maximum Gasteiger partial charge on any atom is 0.0914 e. The van der Waals surface area contributed by atoms with E-state index in [1.54, 1.807) is 0 Å². The minimum Gasteiger partial charge on any atom is -0.387 e. The number of rotatable bonds is 7. The summed E-state index contributed by atoms with van der Waals surface area (Å²) in [5, 5.41) is 15.2. The zero-order valence-corrected chi connectivity index (χ0v) is 15.2. The van der Waals surface area contributed by atoms with Crippen molar-refractivity contribution in [3.05, 3.63) is 108 Å². The highest BCUT2D eigenvalue weighted by molar-refractivity contribution is 5.84. The van der Waals surface area contributed by atoms with Crippen molar-refractivity contribution < 1.29 is 5.11 Å². The van der Waals surface area contributed by atoms with Crippen LogP contribution in [0.15, 0.2) is 91.1 Å². The molecule has 4 rings (SSSR count). The second-order valence-corrected chi connectivity index (χ2v) is 6.84. The summed E-state index contributed by atoms with van der Waals surface area (Å²) in [6, 6.07) is 28.7. The molecule has 2 atom stereocenters. The lowest BCUT2D eigenvalue weighted by Gasteiger charge is -2.20. The predicted molar refractivity (Wildman–Crippen MR) is 111 cm³/mol. The Labute approximate surface area is 159 Å². The quantitative estimate of drug-likeness (QED) is 0.452. The van der Waals surface area contributed by atoms with Gasteiger partial charge in [0.25, 0.3) is 0 Å². The van der Waals surface area contributed by atoms with Gasteiger partial charge in [0, 0.05) is 36.1 Å². The van der Waals surface area contributed by atoms with E-state index in [4.69, 9.17) is 0 Å². The summed E-state index contributed by atoms with van der Waals surface area (Å²) in [5.74, 6) is 0.213. The third-order valence-corrected chi connectivity index (χ3v) is 5.07. The Morgan fingerprint density at radius 2 is 1.37 bits per heavy atom. The Hall–Kier alpha value is -2.88. The van der Waals surface area contributed by atoms with Gasteiger partial charge in [-0.2, -0.15) is 0 Å². The van der Waals surface area contributed by atoms with E-state index in [9.17, 15) is 5.11 Å². The second kappa shape index (κ2) is 8.21. The largest absolute Gasteiger partial charge is 0.387 e. The Balaban J connectivity index is 1.54. The number of fused-ring (bicyclic) bond motifs is 1. The maximum atomic E-state index is 10.4. The molecule has 0 saturated carbocycles. The number of nitrogens with one attached hydrogen (secondary N) is 2. The fourth-order valence-electron chi connectivity index (χ4n) is 3.63. The number of H-pyrrole nitrogens is 1. The number of para-hydroxylation sites is 1. The first kappa shape index (κ1) is 17.5. The van der Waals surface area contributed by atoms with Gasteiger partial charge >= 0.3 is 0 Å². The fraction of sp³-hybridized carbons (Fsp3) is 0.167. The lowest BCUT2D eigenvalue weighted by molar-refractivity contribution is 0.174. The molecule has 27 heavy (non-hydrogen) atoms. The van der Waals surface area contributed by atoms with E-state index < -0.39 is 6.10 Å². The standard InChI is InChI=1S/C24H24N2O/c27-24(19-11-5-2-6-12-19)17-25-15-21(18-9-3-1-4-10-18)22-16-26-23-14-8-7-13-20(22)23/h1-14,16,21,24-27H,15,17H2/t21-,24-/m0/s1. The molecule has 4 aromatic rings. The van der Waals surface area contributed by atoms with Crippen LogP contribution in [0.3, 0.4) is 0 Å². The van der Waals surface area contributed by atoms with Crippen LogP contribution >= 0.6 is 0 Å². The molecular formula is C24H24N2O. The summed E-state index contributed by atoms with van der Waals surface area (Å²) in [6.45, 7) is 1.28. The van der Waals surface area contributed by atoms with Gasteiger partial charge in [-0.25, -0.2) is 0 Å². The van der Waals surface area contributed by atoms with Gasteiger partial charge in [-0.3, -0.25) is 0 Å². The molecule has 136 valence electrons. The minimum atomic E-state index is -0.509. The number of benzene rings is 3. The molecule has 1 heterocycles. The van der Waals surface area contributed by atoms with Crippen LogP contribution in [0.2, 0.25) is 0 Å². The Morgan fingerprint density at radius 1 is 0.741 bits per heavy atom. The minimum absolute atomic E-state index is 0.213. The Bertz CT molecular complexity index is 979. The van der Waals surface area contributed by atoms with Crippen LogP contribution in [0.4, 0.5) is 0 Å². The van der Waals surface area contributed by atoms with Crippen molar-refractivity contribution in [2.75, 3.05) is 13.1 Å². The van der Waals surface area contributed by atoms with Crippen molar-refractivity contribution >= 4 is 10.9 Å². The highest BCUT2D eigenvalue weighted by Gasteiger charge is 2.18. The second-order valence-electron chi connectivity index (χ2n) is 6.84. The summed E-state index contributed by atoms with van der Waals surface area (Å²) in [7, 11) is 0. The molecule has 3 aromatic carbocycles. The van der Waals surface area contributed by atoms with Gasteiger partial charge in [0.2, 0.25) is 0 Å². The smallest absolute Gasteiger partial charge is 0.0914 e.